The van der Waals surface area contributed by atoms with E-state index in [1.807, 2.05) is 25.9 Å². The summed E-state index contributed by atoms with van der Waals surface area (Å²) in [6.07, 6.45) is 1.73. The van der Waals surface area contributed by atoms with Crippen molar-refractivity contribution in [2.24, 2.45) is 0 Å². The van der Waals surface area contributed by atoms with E-state index in [2.05, 4.69) is 10.3 Å². The molecule has 0 spiro atoms. The molecule has 0 aliphatic carbocycles. The molecule has 0 radical (unpaired) electrons. The molecule has 1 unspecified atom stereocenters. The Morgan fingerprint density at radius 3 is 2.88 bits per heavy atom. The lowest BCUT2D eigenvalue weighted by molar-refractivity contribution is 0.0914. The highest BCUT2D eigenvalue weighted by Gasteiger charge is 2.09. The van der Waals surface area contributed by atoms with Crippen LogP contribution in [0.3, 0.4) is 0 Å². The summed E-state index contributed by atoms with van der Waals surface area (Å²) in [5, 5.41) is 12.0. The van der Waals surface area contributed by atoms with E-state index >= 15 is 0 Å². The summed E-state index contributed by atoms with van der Waals surface area (Å²) in [6.45, 7) is 2.14. The van der Waals surface area contributed by atoms with Crippen molar-refractivity contribution in [1.82, 2.24) is 10.3 Å². The molecule has 0 saturated heterocycles. The Labute approximate surface area is 101 Å². The van der Waals surface area contributed by atoms with Gasteiger partial charge in [0.25, 0.3) is 5.91 Å². The van der Waals surface area contributed by atoms with Crippen LogP contribution < -0.4 is 10.2 Å². The molecule has 0 aliphatic heterocycles. The molecule has 17 heavy (non-hydrogen) atoms. The van der Waals surface area contributed by atoms with Gasteiger partial charge in [-0.25, -0.2) is 4.98 Å². The lowest BCUT2D eigenvalue weighted by atomic mass is 10.2. The zero-order valence-electron chi connectivity index (χ0n) is 10.5. The third-order valence-electron chi connectivity index (χ3n) is 2.44. The summed E-state index contributed by atoms with van der Waals surface area (Å²) in [5.74, 6) is 0.539. The second-order valence-corrected chi connectivity index (χ2v) is 4.07. The van der Waals surface area contributed by atoms with Crippen LogP contribution in [0.4, 0.5) is 5.82 Å². The van der Waals surface area contributed by atoms with E-state index in [0.29, 0.717) is 12.0 Å². The molecule has 1 heterocycles. The molecule has 0 saturated carbocycles. The number of anilines is 1. The minimum absolute atomic E-state index is 0.192. The SMILES string of the molecule is CCC(O)CNC(=O)c1ccnc(N(C)C)c1. The van der Waals surface area contributed by atoms with Gasteiger partial charge in [0.2, 0.25) is 0 Å². The van der Waals surface area contributed by atoms with Gasteiger partial charge >= 0.3 is 0 Å². The van der Waals surface area contributed by atoms with Crippen LogP contribution >= 0.6 is 0 Å². The molecule has 0 aliphatic rings. The number of pyridine rings is 1. The van der Waals surface area contributed by atoms with E-state index in [4.69, 9.17) is 0 Å². The molecule has 1 amide bonds. The molecule has 0 bridgehead atoms. The van der Waals surface area contributed by atoms with Gasteiger partial charge in [0, 0.05) is 32.4 Å². The Bertz CT molecular complexity index is 380. The van der Waals surface area contributed by atoms with Crippen molar-refractivity contribution in [2.75, 3.05) is 25.5 Å². The van der Waals surface area contributed by atoms with Gasteiger partial charge in [-0.2, -0.15) is 0 Å². The second-order valence-electron chi connectivity index (χ2n) is 4.07. The molecule has 1 rings (SSSR count). The zero-order chi connectivity index (χ0) is 12.8. The van der Waals surface area contributed by atoms with Crippen LogP contribution in [0.1, 0.15) is 23.7 Å². The molecule has 5 heteroatoms. The summed E-state index contributed by atoms with van der Waals surface area (Å²) in [6, 6.07) is 3.37. The van der Waals surface area contributed by atoms with Gasteiger partial charge < -0.3 is 15.3 Å². The van der Waals surface area contributed by atoms with Crippen molar-refractivity contribution in [3.8, 4) is 0 Å². The fourth-order valence-electron chi connectivity index (χ4n) is 1.26. The van der Waals surface area contributed by atoms with Gasteiger partial charge in [0.1, 0.15) is 5.82 Å². The molecule has 1 aromatic heterocycles. The maximum absolute atomic E-state index is 11.8. The summed E-state index contributed by atoms with van der Waals surface area (Å²) in [7, 11) is 3.73. The minimum Gasteiger partial charge on any atom is -0.391 e. The van der Waals surface area contributed by atoms with Crippen LogP contribution in [0, 0.1) is 0 Å². The van der Waals surface area contributed by atoms with E-state index in [1.54, 1.807) is 18.3 Å². The lowest BCUT2D eigenvalue weighted by Gasteiger charge is -2.13. The second kappa shape index (κ2) is 6.20. The summed E-state index contributed by atoms with van der Waals surface area (Å²) in [5.41, 5.74) is 0.548. The number of aliphatic hydroxyl groups excluding tert-OH is 1. The Morgan fingerprint density at radius 2 is 2.29 bits per heavy atom. The lowest BCUT2D eigenvalue weighted by Crippen LogP contribution is -2.31. The normalized spacial score (nSPS) is 12.0. The number of nitrogens with one attached hydrogen (secondary N) is 1. The van der Waals surface area contributed by atoms with Crippen LogP contribution in [-0.2, 0) is 0 Å². The first-order valence-electron chi connectivity index (χ1n) is 5.64. The van der Waals surface area contributed by atoms with Crippen LogP contribution in [0.25, 0.3) is 0 Å². The number of carbonyl (C=O) groups excluding carboxylic acids is 1. The Morgan fingerprint density at radius 1 is 1.59 bits per heavy atom. The number of nitrogens with zero attached hydrogens (tertiary/aromatic N) is 2. The molecular formula is C12H19N3O2. The van der Waals surface area contributed by atoms with Crippen LogP contribution in [0.15, 0.2) is 18.3 Å². The van der Waals surface area contributed by atoms with Gasteiger partial charge in [0.05, 0.1) is 6.10 Å². The molecule has 0 aromatic carbocycles. The summed E-state index contributed by atoms with van der Waals surface area (Å²) in [4.78, 5) is 17.7. The summed E-state index contributed by atoms with van der Waals surface area (Å²) < 4.78 is 0. The zero-order valence-corrected chi connectivity index (χ0v) is 10.5. The predicted molar refractivity (Wildman–Crippen MR) is 67.2 cm³/mol. The first kappa shape index (κ1) is 13.4. The molecule has 2 N–H and O–H groups in total. The fraction of sp³-hybridized carbons (Fsp3) is 0.500. The minimum atomic E-state index is -0.492. The monoisotopic (exact) mass is 237 g/mol. The van der Waals surface area contributed by atoms with Crippen molar-refractivity contribution in [2.45, 2.75) is 19.4 Å². The molecule has 0 fully saturated rings. The van der Waals surface area contributed by atoms with Crippen molar-refractivity contribution >= 4 is 11.7 Å². The summed E-state index contributed by atoms with van der Waals surface area (Å²) >= 11 is 0. The van der Waals surface area contributed by atoms with Gasteiger partial charge in [-0.15, -0.1) is 0 Å². The van der Waals surface area contributed by atoms with E-state index in [0.717, 1.165) is 5.82 Å². The average Bonchev–Trinajstić information content (AvgIpc) is 2.35. The van der Waals surface area contributed by atoms with Crippen LogP contribution in [0.2, 0.25) is 0 Å². The van der Waals surface area contributed by atoms with Crippen molar-refractivity contribution in [3.63, 3.8) is 0 Å². The number of carbonyl (C=O) groups is 1. The standard InChI is InChI=1S/C12H19N3O2/c1-4-10(16)8-14-12(17)9-5-6-13-11(7-9)15(2)3/h5-7,10,16H,4,8H2,1-3H3,(H,14,17). The molecular weight excluding hydrogens is 218 g/mol. The van der Waals surface area contributed by atoms with Gasteiger partial charge in [-0.05, 0) is 18.6 Å². The quantitative estimate of drug-likeness (QED) is 0.789. The first-order chi connectivity index (χ1) is 8.04. The van der Waals surface area contributed by atoms with Gasteiger partial charge in [-0.3, -0.25) is 4.79 Å². The number of amides is 1. The highest BCUT2D eigenvalue weighted by molar-refractivity contribution is 5.94. The predicted octanol–water partition coefficient (Wildman–Crippen LogP) is 0.648. The number of hydrogen-bond acceptors (Lipinski definition) is 4. The van der Waals surface area contributed by atoms with Crippen LogP contribution in [-0.4, -0.2) is 42.7 Å². The third kappa shape index (κ3) is 4.03. The van der Waals surface area contributed by atoms with Crippen molar-refractivity contribution in [3.05, 3.63) is 23.9 Å². The number of aromatic nitrogens is 1. The highest BCUT2D eigenvalue weighted by atomic mass is 16.3. The number of hydrogen-bond donors (Lipinski definition) is 2. The Hall–Kier alpha value is -1.62. The maximum atomic E-state index is 11.8. The molecule has 5 nitrogen and oxygen atoms in total. The fourth-order valence-corrected chi connectivity index (χ4v) is 1.26. The molecule has 1 atom stereocenters. The first-order valence-corrected chi connectivity index (χ1v) is 5.64. The number of aliphatic hydroxyl groups is 1. The smallest absolute Gasteiger partial charge is 0.251 e. The van der Waals surface area contributed by atoms with Crippen molar-refractivity contribution in [1.29, 1.82) is 0 Å². The van der Waals surface area contributed by atoms with Gasteiger partial charge in [-0.1, -0.05) is 6.92 Å². The maximum Gasteiger partial charge on any atom is 0.251 e. The molecule has 1 aromatic rings. The highest BCUT2D eigenvalue weighted by Crippen LogP contribution is 2.09. The Kier molecular flexibility index (Phi) is 4.90. The van der Waals surface area contributed by atoms with Crippen LogP contribution in [0.5, 0.6) is 0 Å². The Balaban J connectivity index is 2.66. The molecule has 94 valence electrons. The van der Waals surface area contributed by atoms with Crippen molar-refractivity contribution < 1.29 is 9.90 Å². The van der Waals surface area contributed by atoms with E-state index in [-0.39, 0.29) is 12.5 Å². The average molecular weight is 237 g/mol. The van der Waals surface area contributed by atoms with E-state index in [1.165, 1.54) is 0 Å². The van der Waals surface area contributed by atoms with Gasteiger partial charge in [0.15, 0.2) is 0 Å². The number of rotatable bonds is 5. The van der Waals surface area contributed by atoms with E-state index in [9.17, 15) is 9.90 Å². The van der Waals surface area contributed by atoms with E-state index < -0.39 is 6.10 Å². The topological polar surface area (TPSA) is 65.5 Å². The third-order valence-corrected chi connectivity index (χ3v) is 2.44. The largest absolute Gasteiger partial charge is 0.391 e.